The molecule has 1 fully saturated rings. The van der Waals surface area contributed by atoms with Crippen molar-refractivity contribution in [3.8, 4) is 5.75 Å². The number of aromatic nitrogens is 1. The number of ether oxygens (including phenoxy) is 1. The van der Waals surface area contributed by atoms with Crippen molar-refractivity contribution in [1.82, 2.24) is 15.0 Å². The van der Waals surface area contributed by atoms with Crippen LogP contribution >= 0.6 is 0 Å². The van der Waals surface area contributed by atoms with Crippen LogP contribution in [0.15, 0.2) is 40.9 Å². The number of amides is 1. The summed E-state index contributed by atoms with van der Waals surface area (Å²) in [5, 5.41) is 6.08. The van der Waals surface area contributed by atoms with Crippen LogP contribution in [0.2, 0.25) is 0 Å². The molecule has 4 rings (SSSR count). The van der Waals surface area contributed by atoms with Crippen molar-refractivity contribution in [2.75, 3.05) is 27.2 Å². The number of likely N-dealkylation sites (N-methyl/N-ethyl adjacent to an activating group) is 1. The Morgan fingerprint density at radius 3 is 2.63 bits per heavy atom. The van der Waals surface area contributed by atoms with E-state index in [4.69, 9.17) is 9.26 Å². The van der Waals surface area contributed by atoms with Crippen LogP contribution < -0.4 is 4.74 Å². The highest BCUT2D eigenvalue weighted by Crippen LogP contribution is 2.30. The minimum atomic E-state index is 0.0288. The molecule has 0 spiro atoms. The smallest absolute Gasteiger partial charge is 0.257 e. The monoisotopic (exact) mass is 407 g/mol. The van der Waals surface area contributed by atoms with E-state index in [1.807, 2.05) is 55.1 Å². The van der Waals surface area contributed by atoms with Gasteiger partial charge < -0.3 is 19.1 Å². The molecule has 0 aliphatic carbocycles. The molecule has 2 heterocycles. The van der Waals surface area contributed by atoms with Gasteiger partial charge in [-0.05, 0) is 63.7 Å². The van der Waals surface area contributed by atoms with Crippen LogP contribution in [0.4, 0.5) is 0 Å². The van der Waals surface area contributed by atoms with Gasteiger partial charge in [0.2, 0.25) is 0 Å². The van der Waals surface area contributed by atoms with E-state index in [1.165, 1.54) is 0 Å². The largest absolute Gasteiger partial charge is 0.488 e. The fourth-order valence-electron chi connectivity index (χ4n) is 4.09. The van der Waals surface area contributed by atoms with Gasteiger partial charge in [-0.1, -0.05) is 29.4 Å². The Bertz CT molecular complexity index is 1040. The Balaban J connectivity index is 1.66. The highest BCUT2D eigenvalue weighted by Gasteiger charge is 2.27. The molecule has 1 atom stereocenters. The lowest BCUT2D eigenvalue weighted by Gasteiger charge is -2.36. The molecule has 1 aromatic heterocycles. The second kappa shape index (κ2) is 8.48. The molecule has 1 saturated heterocycles. The summed E-state index contributed by atoms with van der Waals surface area (Å²) < 4.78 is 11.4. The molecule has 0 N–H and O–H groups in total. The number of carbonyl (C=O) groups excluding carboxylic acids is 1. The predicted molar refractivity (Wildman–Crippen MR) is 117 cm³/mol. The van der Waals surface area contributed by atoms with Crippen LogP contribution in [0.25, 0.3) is 10.8 Å². The van der Waals surface area contributed by atoms with E-state index < -0.39 is 0 Å². The van der Waals surface area contributed by atoms with E-state index in [2.05, 4.69) is 24.2 Å². The predicted octanol–water partition coefficient (Wildman–Crippen LogP) is 4.19. The third kappa shape index (κ3) is 4.05. The fourth-order valence-corrected chi connectivity index (χ4v) is 4.09. The summed E-state index contributed by atoms with van der Waals surface area (Å²) in [6.07, 6.45) is 2.13. The number of hydrogen-bond acceptors (Lipinski definition) is 5. The summed E-state index contributed by atoms with van der Waals surface area (Å²) in [7, 11) is 4.15. The maximum atomic E-state index is 13.5. The average molecular weight is 408 g/mol. The minimum Gasteiger partial charge on any atom is -0.488 e. The molecule has 0 saturated carbocycles. The second-order valence-corrected chi connectivity index (χ2v) is 8.30. The molecule has 6 heteroatoms. The van der Waals surface area contributed by atoms with Crippen molar-refractivity contribution in [2.45, 2.75) is 39.3 Å². The molecule has 0 bridgehead atoms. The number of benzene rings is 2. The number of hydrogen-bond donors (Lipinski definition) is 0. The first-order valence-electron chi connectivity index (χ1n) is 10.5. The first kappa shape index (κ1) is 20.4. The van der Waals surface area contributed by atoms with Crippen LogP contribution in [0.3, 0.4) is 0 Å². The maximum absolute atomic E-state index is 13.5. The molecule has 1 amide bonds. The summed E-state index contributed by atoms with van der Waals surface area (Å²) in [5.41, 5.74) is 2.35. The number of rotatable bonds is 5. The molecule has 6 nitrogen and oxygen atoms in total. The molecule has 1 unspecified atom stereocenters. The van der Waals surface area contributed by atoms with Crippen LogP contribution in [0.1, 0.15) is 40.2 Å². The highest BCUT2D eigenvalue weighted by atomic mass is 16.5. The maximum Gasteiger partial charge on any atom is 0.257 e. The Kier molecular flexibility index (Phi) is 5.77. The summed E-state index contributed by atoms with van der Waals surface area (Å²) in [6, 6.07) is 12.4. The number of piperidine rings is 1. The zero-order valence-corrected chi connectivity index (χ0v) is 18.1. The summed E-state index contributed by atoms with van der Waals surface area (Å²) in [6.45, 7) is 5.61. The van der Waals surface area contributed by atoms with Crippen molar-refractivity contribution in [3.63, 3.8) is 0 Å². The lowest BCUT2D eigenvalue weighted by atomic mass is 10.0. The van der Waals surface area contributed by atoms with Gasteiger partial charge in [0.15, 0.2) is 0 Å². The Hall–Kier alpha value is -2.86. The van der Waals surface area contributed by atoms with Crippen LogP contribution in [-0.4, -0.2) is 54.1 Å². The van der Waals surface area contributed by atoms with Gasteiger partial charge in [0.05, 0.1) is 16.8 Å². The van der Waals surface area contributed by atoms with E-state index in [1.54, 1.807) is 0 Å². The van der Waals surface area contributed by atoms with E-state index in [9.17, 15) is 4.79 Å². The molecule has 0 radical (unpaired) electrons. The molecule has 3 aromatic rings. The van der Waals surface area contributed by atoms with Gasteiger partial charge in [-0.25, -0.2) is 0 Å². The van der Waals surface area contributed by atoms with Crippen molar-refractivity contribution >= 4 is 16.7 Å². The highest BCUT2D eigenvalue weighted by molar-refractivity contribution is 6.01. The molecule has 1 aliphatic rings. The molecule has 1 aliphatic heterocycles. The summed E-state index contributed by atoms with van der Waals surface area (Å²) >= 11 is 0. The average Bonchev–Trinajstić information content (AvgIpc) is 3.08. The van der Waals surface area contributed by atoms with Gasteiger partial charge in [-0.3, -0.25) is 4.79 Å². The second-order valence-electron chi connectivity index (χ2n) is 8.30. The third-order valence-corrected chi connectivity index (χ3v) is 6.05. The van der Waals surface area contributed by atoms with Crippen molar-refractivity contribution in [3.05, 3.63) is 59.0 Å². The van der Waals surface area contributed by atoms with Gasteiger partial charge in [-0.15, -0.1) is 0 Å². The van der Waals surface area contributed by atoms with Crippen molar-refractivity contribution in [1.29, 1.82) is 0 Å². The fraction of sp³-hybridized carbons (Fsp3) is 0.417. The molecule has 158 valence electrons. The third-order valence-electron chi connectivity index (χ3n) is 6.05. The van der Waals surface area contributed by atoms with E-state index in [0.717, 1.165) is 53.7 Å². The molecular formula is C24H29N3O3. The van der Waals surface area contributed by atoms with Gasteiger partial charge in [0, 0.05) is 19.1 Å². The Morgan fingerprint density at radius 1 is 1.23 bits per heavy atom. The first-order chi connectivity index (χ1) is 14.4. The van der Waals surface area contributed by atoms with E-state index in [-0.39, 0.29) is 5.91 Å². The minimum absolute atomic E-state index is 0.0288. The van der Waals surface area contributed by atoms with Crippen molar-refractivity contribution in [2.24, 2.45) is 0 Å². The van der Waals surface area contributed by atoms with Crippen LogP contribution in [0.5, 0.6) is 5.75 Å². The lowest BCUT2D eigenvalue weighted by Crippen LogP contribution is -2.47. The standard InChI is InChI=1S/C24H29N3O3/c1-16-22(17(2)30-25-16)15-29-23-13-19-9-6-5-8-18(19)12-21(23)24(28)27-11-7-10-20(14-27)26(3)4/h5-6,8-9,12-13,20H,7,10-11,14-15H2,1-4H3. The van der Waals surface area contributed by atoms with E-state index in [0.29, 0.717) is 24.0 Å². The summed E-state index contributed by atoms with van der Waals surface area (Å²) in [5.74, 6) is 1.37. The zero-order chi connectivity index (χ0) is 21.3. The zero-order valence-electron chi connectivity index (χ0n) is 18.1. The van der Waals surface area contributed by atoms with Gasteiger partial charge >= 0.3 is 0 Å². The van der Waals surface area contributed by atoms with Gasteiger partial charge in [0.1, 0.15) is 18.1 Å². The Morgan fingerprint density at radius 2 is 1.97 bits per heavy atom. The van der Waals surface area contributed by atoms with Gasteiger partial charge in [-0.2, -0.15) is 0 Å². The molecule has 30 heavy (non-hydrogen) atoms. The Labute approximate surface area is 177 Å². The lowest BCUT2D eigenvalue weighted by molar-refractivity contribution is 0.0630. The van der Waals surface area contributed by atoms with Crippen LogP contribution in [0, 0.1) is 13.8 Å². The normalized spacial score (nSPS) is 17.0. The first-order valence-corrected chi connectivity index (χ1v) is 10.5. The summed E-state index contributed by atoms with van der Waals surface area (Å²) in [4.78, 5) is 17.7. The quantitative estimate of drug-likeness (QED) is 0.635. The van der Waals surface area contributed by atoms with Crippen molar-refractivity contribution < 1.29 is 14.1 Å². The number of aryl methyl sites for hydroxylation is 2. The number of likely N-dealkylation sites (tertiary alicyclic amines) is 1. The number of nitrogens with zero attached hydrogens (tertiary/aromatic N) is 3. The SMILES string of the molecule is Cc1noc(C)c1COc1cc2ccccc2cc1C(=O)N1CCCC(N(C)C)C1. The number of carbonyl (C=O) groups is 1. The van der Waals surface area contributed by atoms with Gasteiger partial charge in [0.25, 0.3) is 5.91 Å². The topological polar surface area (TPSA) is 58.8 Å². The number of fused-ring (bicyclic) bond motifs is 1. The molecular weight excluding hydrogens is 378 g/mol. The van der Waals surface area contributed by atoms with Crippen LogP contribution in [-0.2, 0) is 6.61 Å². The molecule has 2 aromatic carbocycles. The van der Waals surface area contributed by atoms with E-state index >= 15 is 0 Å².